The predicted molar refractivity (Wildman–Crippen MR) is 98.1 cm³/mol. The van der Waals surface area contributed by atoms with Crippen molar-refractivity contribution in [2.24, 2.45) is 0 Å². The number of nitrogens with one attached hydrogen (secondary N) is 1. The summed E-state index contributed by atoms with van der Waals surface area (Å²) in [4.78, 5) is 4.13. The van der Waals surface area contributed by atoms with E-state index in [0.29, 0.717) is 34.3 Å². The molecular formula is C19H17F3N2OS. The number of alkyl halides is 3. The van der Waals surface area contributed by atoms with Gasteiger partial charge in [-0.3, -0.25) is 0 Å². The molecule has 0 bridgehead atoms. The number of benzene rings is 2. The first-order chi connectivity index (χ1) is 12.5. The second-order valence-corrected chi connectivity index (χ2v) is 6.49. The van der Waals surface area contributed by atoms with Gasteiger partial charge in [0.25, 0.3) is 0 Å². The summed E-state index contributed by atoms with van der Waals surface area (Å²) in [7, 11) is 0. The third kappa shape index (κ3) is 4.35. The van der Waals surface area contributed by atoms with Crippen LogP contribution in [0.4, 0.5) is 24.0 Å². The van der Waals surface area contributed by atoms with E-state index >= 15 is 0 Å². The van der Waals surface area contributed by atoms with E-state index in [1.165, 1.54) is 17.4 Å². The highest BCUT2D eigenvalue weighted by Crippen LogP contribution is 2.37. The summed E-state index contributed by atoms with van der Waals surface area (Å²) in [6.45, 7) is 2.60. The number of aromatic nitrogens is 1. The Morgan fingerprint density at radius 1 is 1.12 bits per heavy atom. The van der Waals surface area contributed by atoms with Crippen molar-refractivity contribution in [3.63, 3.8) is 0 Å². The number of hydrogen-bond acceptors (Lipinski definition) is 4. The molecule has 0 amide bonds. The van der Waals surface area contributed by atoms with Crippen LogP contribution in [0.5, 0.6) is 5.75 Å². The number of nitrogens with zero attached hydrogens (tertiary/aromatic N) is 1. The van der Waals surface area contributed by atoms with Crippen molar-refractivity contribution in [2.45, 2.75) is 19.5 Å². The van der Waals surface area contributed by atoms with Crippen LogP contribution >= 0.6 is 11.3 Å². The molecule has 0 saturated heterocycles. The molecule has 3 aromatic rings. The summed E-state index contributed by atoms with van der Waals surface area (Å²) in [6.07, 6.45) is -1.88. The van der Waals surface area contributed by atoms with E-state index in [-0.39, 0.29) is 0 Å². The fourth-order valence-electron chi connectivity index (χ4n) is 2.42. The first-order valence-electron chi connectivity index (χ1n) is 8.08. The average molecular weight is 378 g/mol. The van der Waals surface area contributed by atoms with Crippen LogP contribution in [-0.2, 0) is 6.18 Å². The van der Waals surface area contributed by atoms with Gasteiger partial charge < -0.3 is 10.1 Å². The zero-order valence-electron chi connectivity index (χ0n) is 14.0. The van der Waals surface area contributed by atoms with Gasteiger partial charge in [-0.25, -0.2) is 4.98 Å². The standard InChI is InChI=1S/C19H17F3N2OS/c1-2-10-25-15-6-3-13(4-7-15)16-12-14(19(20,21)22)5-8-17(16)24-18-23-9-11-26-18/h3-9,11-12H,2,10H2,1H3,(H,23,24). The highest BCUT2D eigenvalue weighted by atomic mass is 32.1. The Kier molecular flexibility index (Phi) is 5.46. The maximum atomic E-state index is 13.1. The lowest BCUT2D eigenvalue weighted by atomic mass is 10.0. The van der Waals surface area contributed by atoms with E-state index in [9.17, 15) is 13.2 Å². The van der Waals surface area contributed by atoms with Gasteiger partial charge in [0.2, 0.25) is 0 Å². The van der Waals surface area contributed by atoms with Crippen molar-refractivity contribution >= 4 is 22.2 Å². The predicted octanol–water partition coefficient (Wildman–Crippen LogP) is 6.36. The lowest BCUT2D eigenvalue weighted by Crippen LogP contribution is -2.05. The second-order valence-electron chi connectivity index (χ2n) is 5.59. The number of thiazole rings is 1. The van der Waals surface area contributed by atoms with Gasteiger partial charge in [0, 0.05) is 22.8 Å². The number of hydrogen-bond donors (Lipinski definition) is 1. The SMILES string of the molecule is CCCOc1ccc(-c2cc(C(F)(F)F)ccc2Nc2nccs2)cc1. The third-order valence-electron chi connectivity index (χ3n) is 3.66. The summed E-state index contributed by atoms with van der Waals surface area (Å²) < 4.78 is 45.0. The Hall–Kier alpha value is -2.54. The number of ether oxygens (including phenoxy) is 1. The molecular weight excluding hydrogens is 361 g/mol. The molecule has 26 heavy (non-hydrogen) atoms. The van der Waals surface area contributed by atoms with Gasteiger partial charge in [-0.15, -0.1) is 11.3 Å². The largest absolute Gasteiger partial charge is 0.494 e. The van der Waals surface area contributed by atoms with E-state index in [0.717, 1.165) is 18.6 Å². The quantitative estimate of drug-likeness (QED) is 0.542. The van der Waals surface area contributed by atoms with Crippen LogP contribution in [-0.4, -0.2) is 11.6 Å². The molecule has 0 unspecified atom stereocenters. The molecule has 0 atom stereocenters. The molecule has 136 valence electrons. The fourth-order valence-corrected chi connectivity index (χ4v) is 2.96. The third-order valence-corrected chi connectivity index (χ3v) is 4.35. The molecule has 0 fully saturated rings. The zero-order valence-corrected chi connectivity index (χ0v) is 14.8. The minimum atomic E-state index is -4.40. The Morgan fingerprint density at radius 3 is 2.50 bits per heavy atom. The van der Waals surface area contributed by atoms with Crippen molar-refractivity contribution in [2.75, 3.05) is 11.9 Å². The molecule has 1 aromatic heterocycles. The van der Waals surface area contributed by atoms with Gasteiger partial charge in [0.05, 0.1) is 12.2 Å². The lowest BCUT2D eigenvalue weighted by Gasteiger charge is -2.15. The van der Waals surface area contributed by atoms with Gasteiger partial charge in [0.15, 0.2) is 5.13 Å². The number of halogens is 3. The summed E-state index contributed by atoms with van der Waals surface area (Å²) in [5.41, 5.74) is 0.995. The molecule has 1 N–H and O–H groups in total. The van der Waals surface area contributed by atoms with Gasteiger partial charge >= 0.3 is 6.18 Å². The van der Waals surface area contributed by atoms with E-state index in [1.54, 1.807) is 35.8 Å². The molecule has 2 aromatic carbocycles. The summed E-state index contributed by atoms with van der Waals surface area (Å²) >= 11 is 1.38. The van der Waals surface area contributed by atoms with Gasteiger partial charge in [0.1, 0.15) is 5.75 Å². The minimum Gasteiger partial charge on any atom is -0.494 e. The van der Waals surface area contributed by atoms with Crippen LogP contribution in [0.15, 0.2) is 54.0 Å². The Balaban J connectivity index is 1.98. The lowest BCUT2D eigenvalue weighted by molar-refractivity contribution is -0.137. The number of rotatable bonds is 6. The summed E-state index contributed by atoms with van der Waals surface area (Å²) in [5, 5.41) is 5.50. The van der Waals surface area contributed by atoms with Crippen LogP contribution in [0, 0.1) is 0 Å². The van der Waals surface area contributed by atoms with Crippen molar-refractivity contribution in [1.29, 1.82) is 0 Å². The maximum absolute atomic E-state index is 13.1. The second kappa shape index (κ2) is 7.78. The topological polar surface area (TPSA) is 34.1 Å². The molecule has 0 aliphatic carbocycles. The molecule has 0 spiro atoms. The van der Waals surface area contributed by atoms with Crippen molar-refractivity contribution in [1.82, 2.24) is 4.98 Å². The summed E-state index contributed by atoms with van der Waals surface area (Å²) in [6, 6.07) is 10.7. The minimum absolute atomic E-state index is 0.456. The monoisotopic (exact) mass is 378 g/mol. The Bertz CT molecular complexity index is 846. The highest BCUT2D eigenvalue weighted by Gasteiger charge is 2.31. The van der Waals surface area contributed by atoms with Crippen molar-refractivity contribution in [3.05, 3.63) is 59.6 Å². The molecule has 0 radical (unpaired) electrons. The van der Waals surface area contributed by atoms with E-state index in [2.05, 4.69) is 10.3 Å². The van der Waals surface area contributed by atoms with Crippen LogP contribution in [0.3, 0.4) is 0 Å². The first-order valence-corrected chi connectivity index (χ1v) is 8.96. The molecule has 0 saturated carbocycles. The number of anilines is 2. The molecule has 3 nitrogen and oxygen atoms in total. The molecule has 0 aliphatic rings. The van der Waals surface area contributed by atoms with Crippen LogP contribution in [0.2, 0.25) is 0 Å². The first kappa shape index (κ1) is 18.3. The van der Waals surface area contributed by atoms with E-state index < -0.39 is 11.7 Å². The van der Waals surface area contributed by atoms with Crippen LogP contribution < -0.4 is 10.1 Å². The maximum Gasteiger partial charge on any atom is 0.416 e. The Morgan fingerprint density at radius 2 is 1.88 bits per heavy atom. The zero-order chi connectivity index (χ0) is 18.6. The van der Waals surface area contributed by atoms with E-state index in [4.69, 9.17) is 4.74 Å². The van der Waals surface area contributed by atoms with Crippen LogP contribution in [0.25, 0.3) is 11.1 Å². The average Bonchev–Trinajstić information content (AvgIpc) is 3.13. The molecule has 0 aliphatic heterocycles. The highest BCUT2D eigenvalue weighted by molar-refractivity contribution is 7.13. The van der Waals surface area contributed by atoms with E-state index in [1.807, 2.05) is 6.92 Å². The summed E-state index contributed by atoms with van der Waals surface area (Å²) in [5.74, 6) is 0.692. The molecule has 3 rings (SSSR count). The molecule has 7 heteroatoms. The smallest absolute Gasteiger partial charge is 0.416 e. The fraction of sp³-hybridized carbons (Fsp3) is 0.211. The molecule has 1 heterocycles. The Labute approximate surface area is 153 Å². The van der Waals surface area contributed by atoms with Gasteiger partial charge in [-0.05, 0) is 42.3 Å². The van der Waals surface area contributed by atoms with Crippen LogP contribution in [0.1, 0.15) is 18.9 Å². The van der Waals surface area contributed by atoms with Crippen molar-refractivity contribution in [3.8, 4) is 16.9 Å². The van der Waals surface area contributed by atoms with Gasteiger partial charge in [-0.1, -0.05) is 19.1 Å². The van der Waals surface area contributed by atoms with Crippen molar-refractivity contribution < 1.29 is 17.9 Å². The van der Waals surface area contributed by atoms with Gasteiger partial charge in [-0.2, -0.15) is 13.2 Å². The normalized spacial score (nSPS) is 11.4.